The second-order valence-corrected chi connectivity index (χ2v) is 20.3. The van der Waals surface area contributed by atoms with Crippen LogP contribution in [-0.2, 0) is 66.0 Å². The Kier molecular flexibility index (Phi) is 17.0. The fraction of sp³-hybridized carbons (Fsp3) is 0.264. The molecule has 8 aromatic rings. The molecule has 0 saturated carbocycles. The zero-order valence-corrected chi connectivity index (χ0v) is 47.9. The van der Waals surface area contributed by atoms with Crippen LogP contribution in [0, 0.1) is 4.91 Å². The molecule has 0 fully saturated rings. The van der Waals surface area contributed by atoms with Crippen LogP contribution in [0.5, 0.6) is 0 Å². The van der Waals surface area contributed by atoms with Gasteiger partial charge < -0.3 is 95.4 Å². The minimum Gasteiger partial charge on any atom is -0.351 e. The van der Waals surface area contributed by atoms with Crippen molar-refractivity contribution in [2.75, 3.05) is 55.6 Å². The molecule has 8 aromatic heterocycles. The lowest BCUT2D eigenvalue weighted by atomic mass is 10.2. The molecular weight excluding hydrogens is 1130 g/mol. The van der Waals surface area contributed by atoms with Crippen molar-refractivity contribution >= 4 is 105 Å². The SMILES string of the molecule is Cn1cc2cc1C(=O)NCC[C@@H](N)C(=O)Nc1cn(C)c(n1)C(=O)Nc1cc(n(C)c1)C(=O)Nc1cn(C)c(n1)C(=O)Nc1cc(n(C)c1)C(=O)NCC[C@@H](N=O)C(=O)Nc1cn(C)c(n1)C(=O)Nc1cc(n(C)c1)C(=O)Nc1cc(n(C)c1)C(=O)N2. The molecule has 0 saturated heterocycles. The first kappa shape index (κ1) is 59.9. The maximum atomic E-state index is 13.5. The Morgan fingerprint density at radius 2 is 0.655 bits per heavy atom. The summed E-state index contributed by atoms with van der Waals surface area (Å²) in [4.78, 5) is 158. The summed E-state index contributed by atoms with van der Waals surface area (Å²) in [5.74, 6) is -7.05. The van der Waals surface area contributed by atoms with Crippen molar-refractivity contribution in [2.24, 2.45) is 67.3 Å². The lowest BCUT2D eigenvalue weighted by Gasteiger charge is -2.11. The van der Waals surface area contributed by atoms with Crippen molar-refractivity contribution in [3.63, 3.8) is 0 Å². The first-order chi connectivity index (χ1) is 41.3. The Labute approximate surface area is 492 Å². The summed E-state index contributed by atoms with van der Waals surface area (Å²) in [7, 11) is 12.4. The first-order valence-corrected chi connectivity index (χ1v) is 26.4. The zero-order valence-electron chi connectivity index (χ0n) is 47.9. The van der Waals surface area contributed by atoms with Gasteiger partial charge in [-0.2, -0.15) is 0 Å². The molecule has 0 spiro atoms. The van der Waals surface area contributed by atoms with Crippen LogP contribution in [0.15, 0.2) is 85.1 Å². The highest BCUT2D eigenvalue weighted by Crippen LogP contribution is 2.23. The number of aryl methyl sites for hydroxylation is 8. The average Bonchev–Trinajstić information content (AvgIpc) is 2.57. The molecule has 452 valence electrons. The summed E-state index contributed by atoms with van der Waals surface area (Å²) in [6, 6.07) is 4.46. The molecule has 0 unspecified atom stereocenters. The smallest absolute Gasteiger partial charge is 0.291 e. The molecular formula is C53H59N23O11. The molecule has 0 aliphatic carbocycles. The number of carbonyl (C=O) groups is 10. The Morgan fingerprint density at radius 1 is 0.368 bits per heavy atom. The first-order valence-electron chi connectivity index (χ1n) is 26.4. The summed E-state index contributed by atoms with van der Waals surface area (Å²) in [6.07, 6.45) is 11.3. The Balaban J connectivity index is 0.893. The molecule has 0 aromatic carbocycles. The number of amides is 10. The molecule has 16 bridgehead atoms. The topological polar surface area (TPSA) is 425 Å². The number of aromatic nitrogens is 11. The van der Waals surface area contributed by atoms with Gasteiger partial charge in [0.2, 0.25) is 23.4 Å². The molecule has 0 radical (unpaired) electrons. The van der Waals surface area contributed by atoms with Gasteiger partial charge in [0.05, 0.1) is 34.5 Å². The van der Waals surface area contributed by atoms with Crippen molar-refractivity contribution in [2.45, 2.75) is 24.9 Å². The van der Waals surface area contributed by atoms with Crippen LogP contribution >= 0.6 is 0 Å². The van der Waals surface area contributed by atoms with Crippen LogP contribution in [0.2, 0.25) is 0 Å². The van der Waals surface area contributed by atoms with Gasteiger partial charge in [0.1, 0.15) is 28.5 Å². The van der Waals surface area contributed by atoms with Gasteiger partial charge in [-0.25, -0.2) is 15.0 Å². The van der Waals surface area contributed by atoms with Crippen molar-refractivity contribution in [3.8, 4) is 0 Å². The minimum absolute atomic E-state index is 0.00210. The molecule has 34 nitrogen and oxygen atoms in total. The highest BCUT2D eigenvalue weighted by molar-refractivity contribution is 6.10. The molecule has 1 aliphatic heterocycles. The number of hydrogen-bond acceptors (Lipinski definition) is 16. The van der Waals surface area contributed by atoms with Crippen molar-refractivity contribution in [1.29, 1.82) is 0 Å². The van der Waals surface area contributed by atoms with E-state index in [1.807, 2.05) is 0 Å². The van der Waals surface area contributed by atoms with Gasteiger partial charge in [-0.05, 0) is 43.2 Å². The van der Waals surface area contributed by atoms with Gasteiger partial charge in [0, 0.05) is 119 Å². The lowest BCUT2D eigenvalue weighted by Crippen LogP contribution is -2.39. The number of nitrogens with zero attached hydrogens (tertiary/aromatic N) is 12. The molecule has 2 atom stereocenters. The summed E-state index contributed by atoms with van der Waals surface area (Å²) in [6.45, 7) is -0.213. The monoisotopic (exact) mass is 1190 g/mol. The summed E-state index contributed by atoms with van der Waals surface area (Å²) < 4.78 is 11.4. The summed E-state index contributed by atoms with van der Waals surface area (Å²) in [5.41, 5.74) is 7.94. The maximum absolute atomic E-state index is 13.5. The third-order valence-corrected chi connectivity index (χ3v) is 13.7. The Hall–Kier alpha value is -11.7. The lowest BCUT2D eigenvalue weighted by molar-refractivity contribution is -0.118. The van der Waals surface area contributed by atoms with Crippen molar-refractivity contribution in [3.05, 3.63) is 131 Å². The Bertz CT molecular complexity index is 4120. The summed E-state index contributed by atoms with van der Waals surface area (Å²) in [5, 5.41) is 29.4. The van der Waals surface area contributed by atoms with E-state index >= 15 is 0 Å². The minimum atomic E-state index is -1.50. The third kappa shape index (κ3) is 13.4. The maximum Gasteiger partial charge on any atom is 0.291 e. The highest BCUT2D eigenvalue weighted by Gasteiger charge is 2.27. The quantitative estimate of drug-likeness (QED) is 0.104. The fourth-order valence-electron chi connectivity index (χ4n) is 9.27. The van der Waals surface area contributed by atoms with E-state index < -0.39 is 71.2 Å². The van der Waals surface area contributed by atoms with Gasteiger partial charge in [0.25, 0.3) is 53.2 Å². The third-order valence-electron chi connectivity index (χ3n) is 13.7. The van der Waals surface area contributed by atoms with Crippen LogP contribution in [0.4, 0.5) is 45.9 Å². The van der Waals surface area contributed by atoms with E-state index in [9.17, 15) is 52.9 Å². The normalized spacial score (nSPS) is 16.7. The van der Waals surface area contributed by atoms with E-state index in [0.29, 0.717) is 0 Å². The van der Waals surface area contributed by atoms with E-state index in [-0.39, 0.29) is 118 Å². The number of nitrogens with one attached hydrogen (secondary N) is 10. The van der Waals surface area contributed by atoms with Gasteiger partial charge in [-0.3, -0.25) is 47.9 Å². The molecule has 9 heterocycles. The number of fused-ring (bicyclic) bond motifs is 16. The number of anilines is 8. The Morgan fingerprint density at radius 3 is 1.00 bits per heavy atom. The number of nitroso groups, excluding NO2 is 1. The average molecular weight is 1190 g/mol. The van der Waals surface area contributed by atoms with E-state index in [4.69, 9.17) is 5.73 Å². The van der Waals surface area contributed by atoms with Gasteiger partial charge in [-0.15, -0.1) is 4.91 Å². The standard InChI is InChI=1S/C53H59N23O11/c1-69-18-26-13-33(69)46(79)55-11-9-31(54)44(77)65-38-23-74(6)41(62-38)51(84)61-30-17-37(73(5)22-30)50(83)67-40-25-76(8)43(64-40)53(86)59-28-14-34(70(2)20-28)47(80)56-12-10-32(68-87)45(78)66-39-24-75(7)42(63-39)52(85)60-29-16-36(72(4)21-29)49(82)58-27-15-35(48(81)57-26)71(3)19-27/h13-25,31-32H,9-12,54H2,1-8H3,(H,55,79)(H,56,80)(H,57,81)(H,58,82)(H,59,86)(H,60,85)(H,61,84)(H,65,77)(H,66,78)(H,67,83)/t31-,32-/m1/s1. The van der Waals surface area contributed by atoms with Gasteiger partial charge in [-0.1, -0.05) is 5.18 Å². The van der Waals surface area contributed by atoms with Crippen LogP contribution in [-0.4, -0.2) is 136 Å². The van der Waals surface area contributed by atoms with Crippen molar-refractivity contribution < 1.29 is 47.9 Å². The largest absolute Gasteiger partial charge is 0.351 e. The van der Waals surface area contributed by atoms with Gasteiger partial charge in [0.15, 0.2) is 23.5 Å². The van der Waals surface area contributed by atoms with Crippen LogP contribution in [0.3, 0.4) is 0 Å². The molecule has 34 heteroatoms. The molecule has 10 amide bonds. The van der Waals surface area contributed by atoms with Crippen LogP contribution in [0.25, 0.3) is 0 Å². The van der Waals surface area contributed by atoms with Gasteiger partial charge >= 0.3 is 0 Å². The van der Waals surface area contributed by atoms with Crippen LogP contribution < -0.4 is 58.9 Å². The number of hydrogen-bond donors (Lipinski definition) is 11. The predicted molar refractivity (Wildman–Crippen MR) is 313 cm³/mol. The predicted octanol–water partition coefficient (Wildman–Crippen LogP) is 1.39. The fourth-order valence-corrected chi connectivity index (χ4v) is 9.27. The number of nitrogens with two attached hydrogens (primary N) is 1. The second-order valence-electron chi connectivity index (χ2n) is 20.3. The number of imidazole rings is 3. The molecule has 87 heavy (non-hydrogen) atoms. The van der Waals surface area contributed by atoms with E-state index in [1.54, 1.807) is 35.2 Å². The van der Waals surface area contributed by atoms with E-state index in [2.05, 4.69) is 73.3 Å². The zero-order chi connectivity index (χ0) is 62.7. The number of carbonyl (C=O) groups excluding carboxylic acids is 10. The molecule has 1 aliphatic rings. The van der Waals surface area contributed by atoms with E-state index in [1.165, 1.54) is 138 Å². The summed E-state index contributed by atoms with van der Waals surface area (Å²) >= 11 is 0. The highest BCUT2D eigenvalue weighted by atomic mass is 16.3. The number of rotatable bonds is 1. The molecule has 12 N–H and O–H groups in total. The van der Waals surface area contributed by atoms with Crippen LogP contribution in [0.1, 0.15) is 97.1 Å². The van der Waals surface area contributed by atoms with E-state index in [0.717, 1.165) is 0 Å². The molecule has 9 rings (SSSR count). The second kappa shape index (κ2) is 24.6. The van der Waals surface area contributed by atoms with Crippen molar-refractivity contribution in [1.82, 2.24) is 62.1 Å².